The fourth-order valence-corrected chi connectivity index (χ4v) is 1.81. The van der Waals surface area contributed by atoms with E-state index in [0.717, 1.165) is 6.07 Å². The molecule has 0 aliphatic rings. The number of rotatable bonds is 5. The Labute approximate surface area is 98.8 Å². The van der Waals surface area contributed by atoms with Crippen molar-refractivity contribution in [2.24, 2.45) is 0 Å². The van der Waals surface area contributed by atoms with Crippen LogP contribution in [0.3, 0.4) is 0 Å². The third-order valence-corrected chi connectivity index (χ3v) is 2.81. The van der Waals surface area contributed by atoms with Gasteiger partial charge in [0.05, 0.1) is 7.11 Å². The Morgan fingerprint density at radius 3 is 2.82 bits per heavy atom. The maximum Gasteiger partial charge on any atom is 0.664 e. The third kappa shape index (κ3) is 4.46. The first kappa shape index (κ1) is 13.5. The lowest BCUT2D eigenvalue weighted by Crippen LogP contribution is -2.30. The Hall–Kier alpha value is -1.52. The average molecular weight is 260 g/mol. The van der Waals surface area contributed by atoms with Crippen molar-refractivity contribution in [1.82, 2.24) is 5.09 Å². The van der Waals surface area contributed by atoms with Crippen LogP contribution in [-0.4, -0.2) is 19.1 Å². The minimum Gasteiger partial charge on any atom is -0.468 e. The third-order valence-electron chi connectivity index (χ3n) is 1.84. The number of hydrogen-bond acceptors (Lipinski definition) is 4. The van der Waals surface area contributed by atoms with Gasteiger partial charge in [0.1, 0.15) is 11.9 Å². The van der Waals surface area contributed by atoms with Gasteiger partial charge in [-0.05, 0) is 19.1 Å². The SMILES string of the molecule is COC(=O)[C@H](C)N[P+](=O)Oc1cccc(F)c1. The van der Waals surface area contributed by atoms with Gasteiger partial charge in [-0.2, -0.15) is 0 Å². The summed E-state index contributed by atoms with van der Waals surface area (Å²) in [5.74, 6) is -0.932. The van der Waals surface area contributed by atoms with Crippen LogP contribution in [0.4, 0.5) is 4.39 Å². The number of ether oxygens (including phenoxy) is 1. The van der Waals surface area contributed by atoms with E-state index in [0.29, 0.717) is 0 Å². The zero-order valence-corrected chi connectivity index (χ0v) is 10.2. The average Bonchev–Trinajstić information content (AvgIpc) is 2.27. The minimum atomic E-state index is -2.31. The monoisotopic (exact) mass is 260 g/mol. The fraction of sp³-hybridized carbons (Fsp3) is 0.300. The first-order valence-electron chi connectivity index (χ1n) is 4.77. The van der Waals surface area contributed by atoms with Crippen molar-refractivity contribution in [3.8, 4) is 5.75 Å². The normalized spacial score (nSPS) is 12.8. The number of nitrogens with one attached hydrogen (secondary N) is 1. The second kappa shape index (κ2) is 6.27. The lowest BCUT2D eigenvalue weighted by atomic mass is 10.3. The first-order chi connectivity index (χ1) is 8.02. The second-order valence-corrected chi connectivity index (χ2v) is 4.13. The maximum absolute atomic E-state index is 12.8. The molecule has 0 saturated heterocycles. The van der Waals surface area contributed by atoms with Crippen LogP contribution >= 0.6 is 8.18 Å². The van der Waals surface area contributed by atoms with Crippen molar-refractivity contribution >= 4 is 14.1 Å². The van der Waals surface area contributed by atoms with Gasteiger partial charge in [0.2, 0.25) is 0 Å². The molecule has 1 aromatic carbocycles. The van der Waals surface area contributed by atoms with Gasteiger partial charge in [-0.25, -0.2) is 8.91 Å². The van der Waals surface area contributed by atoms with Crippen LogP contribution in [0, 0.1) is 5.82 Å². The van der Waals surface area contributed by atoms with Crippen LogP contribution < -0.4 is 9.61 Å². The summed E-state index contributed by atoms with van der Waals surface area (Å²) in [6.07, 6.45) is 0. The van der Waals surface area contributed by atoms with Crippen molar-refractivity contribution < 1.29 is 23.0 Å². The van der Waals surface area contributed by atoms with Crippen molar-refractivity contribution in [2.45, 2.75) is 13.0 Å². The van der Waals surface area contributed by atoms with Gasteiger partial charge < -0.3 is 4.74 Å². The summed E-state index contributed by atoms with van der Waals surface area (Å²) >= 11 is 0. The number of methoxy groups -OCH3 is 1. The van der Waals surface area contributed by atoms with Gasteiger partial charge in [-0.3, -0.25) is 4.79 Å². The van der Waals surface area contributed by atoms with Gasteiger partial charge in [0, 0.05) is 10.6 Å². The number of carbonyl (C=O) groups is 1. The van der Waals surface area contributed by atoms with Crippen molar-refractivity contribution in [3.05, 3.63) is 30.1 Å². The molecule has 0 fully saturated rings. The summed E-state index contributed by atoms with van der Waals surface area (Å²) in [7, 11) is -1.09. The number of esters is 1. The highest BCUT2D eigenvalue weighted by atomic mass is 31.1. The number of halogens is 1. The molecule has 2 atom stereocenters. The topological polar surface area (TPSA) is 64.6 Å². The predicted molar refractivity (Wildman–Crippen MR) is 59.2 cm³/mol. The summed E-state index contributed by atoms with van der Waals surface area (Å²) in [5, 5.41) is 2.39. The molecule has 0 aliphatic carbocycles. The Balaban J connectivity index is 2.53. The van der Waals surface area contributed by atoms with Gasteiger partial charge in [-0.1, -0.05) is 11.2 Å². The molecule has 1 N–H and O–H groups in total. The van der Waals surface area contributed by atoms with Gasteiger partial charge in [-0.15, -0.1) is 0 Å². The standard InChI is InChI=1S/C10H12FNO4P/c1-7(10(13)15-2)12-17(14)16-9-5-3-4-8(11)6-9/h3-7H,1-2H3,(H,12,14)/q+1/t7-/m0/s1. The summed E-state index contributed by atoms with van der Waals surface area (Å²) in [4.78, 5) is 11.0. The Morgan fingerprint density at radius 2 is 2.24 bits per heavy atom. The molecule has 0 spiro atoms. The molecule has 0 radical (unpaired) electrons. The molecule has 17 heavy (non-hydrogen) atoms. The van der Waals surface area contributed by atoms with E-state index in [1.807, 2.05) is 0 Å². The molecule has 0 heterocycles. The van der Waals surface area contributed by atoms with E-state index in [2.05, 4.69) is 9.82 Å². The molecule has 0 aliphatic heterocycles. The zero-order valence-electron chi connectivity index (χ0n) is 9.34. The highest BCUT2D eigenvalue weighted by molar-refractivity contribution is 7.37. The molecular formula is C10H12FNO4P+. The Kier molecular flexibility index (Phi) is 5.00. The van der Waals surface area contributed by atoms with E-state index in [9.17, 15) is 13.8 Å². The Morgan fingerprint density at radius 1 is 1.53 bits per heavy atom. The summed E-state index contributed by atoms with van der Waals surface area (Å²) in [6, 6.07) is 4.46. The van der Waals surface area contributed by atoms with Crippen LogP contribution in [0.2, 0.25) is 0 Å². The van der Waals surface area contributed by atoms with Gasteiger partial charge in [0.15, 0.2) is 5.75 Å². The van der Waals surface area contributed by atoms with E-state index >= 15 is 0 Å². The number of carbonyl (C=O) groups excluding carboxylic acids is 1. The Bertz CT molecular complexity index is 427. The molecule has 0 saturated carbocycles. The zero-order chi connectivity index (χ0) is 12.8. The molecule has 0 amide bonds. The number of hydrogen-bond donors (Lipinski definition) is 1. The lowest BCUT2D eigenvalue weighted by Gasteiger charge is -2.02. The maximum atomic E-state index is 12.8. The molecule has 0 bridgehead atoms. The van der Waals surface area contributed by atoms with E-state index in [4.69, 9.17) is 4.52 Å². The quantitative estimate of drug-likeness (QED) is 0.648. The largest absolute Gasteiger partial charge is 0.664 e. The van der Waals surface area contributed by atoms with E-state index < -0.39 is 26.0 Å². The molecule has 92 valence electrons. The van der Waals surface area contributed by atoms with Crippen LogP contribution in [0.1, 0.15) is 6.92 Å². The van der Waals surface area contributed by atoms with Gasteiger partial charge >= 0.3 is 14.1 Å². The van der Waals surface area contributed by atoms with Crippen LogP contribution in [0.15, 0.2) is 24.3 Å². The number of benzene rings is 1. The first-order valence-corrected chi connectivity index (χ1v) is 5.95. The molecular weight excluding hydrogens is 248 g/mol. The van der Waals surface area contributed by atoms with E-state index in [-0.39, 0.29) is 5.75 Å². The molecule has 1 rings (SSSR count). The molecule has 7 heteroatoms. The van der Waals surface area contributed by atoms with E-state index in [1.54, 1.807) is 0 Å². The highest BCUT2D eigenvalue weighted by Crippen LogP contribution is 2.24. The fourth-order valence-electron chi connectivity index (χ4n) is 1.03. The summed E-state index contributed by atoms with van der Waals surface area (Å²) in [6.45, 7) is 1.48. The highest BCUT2D eigenvalue weighted by Gasteiger charge is 2.27. The lowest BCUT2D eigenvalue weighted by molar-refractivity contribution is -0.142. The molecule has 5 nitrogen and oxygen atoms in total. The van der Waals surface area contributed by atoms with Crippen molar-refractivity contribution in [1.29, 1.82) is 0 Å². The van der Waals surface area contributed by atoms with Crippen LogP contribution in [-0.2, 0) is 14.1 Å². The van der Waals surface area contributed by atoms with Crippen LogP contribution in [0.25, 0.3) is 0 Å². The summed E-state index contributed by atoms with van der Waals surface area (Å²) in [5.41, 5.74) is 0. The van der Waals surface area contributed by atoms with E-state index in [1.165, 1.54) is 32.2 Å². The van der Waals surface area contributed by atoms with Crippen molar-refractivity contribution in [2.75, 3.05) is 7.11 Å². The second-order valence-electron chi connectivity index (χ2n) is 3.18. The predicted octanol–water partition coefficient (Wildman–Crippen LogP) is 2.01. The van der Waals surface area contributed by atoms with Crippen LogP contribution in [0.5, 0.6) is 5.75 Å². The minimum absolute atomic E-state index is 0.121. The summed E-state index contributed by atoms with van der Waals surface area (Å²) < 4.78 is 33.6. The smallest absolute Gasteiger partial charge is 0.468 e. The van der Waals surface area contributed by atoms with Crippen molar-refractivity contribution in [3.63, 3.8) is 0 Å². The molecule has 1 aromatic rings. The van der Waals surface area contributed by atoms with Gasteiger partial charge in [0.25, 0.3) is 0 Å². The molecule has 1 unspecified atom stereocenters. The molecule has 0 aromatic heterocycles.